The van der Waals surface area contributed by atoms with Crippen LogP contribution in [0, 0.1) is 0 Å². The zero-order valence-corrected chi connectivity index (χ0v) is 20.1. The highest BCUT2D eigenvalue weighted by Gasteiger charge is 2.53. The molecule has 0 bridgehead atoms. The Labute approximate surface area is 205 Å². The summed E-state index contributed by atoms with van der Waals surface area (Å²) in [4.78, 5) is 51.4. The normalized spacial score (nSPS) is 23.7. The number of carbonyl (C=O) groups excluding carboxylic acids is 4. The number of pyridine rings is 1. The van der Waals surface area contributed by atoms with Crippen LogP contribution in [0.5, 0.6) is 5.75 Å². The Morgan fingerprint density at radius 3 is 2.14 bits per heavy atom. The van der Waals surface area contributed by atoms with Crippen LogP contribution in [0.1, 0.15) is 27.7 Å². The number of ether oxygens (including phenoxy) is 6. The Bertz CT molecular complexity index is 1120. The minimum Gasteiger partial charge on any atom is -0.463 e. The van der Waals surface area contributed by atoms with Crippen molar-refractivity contribution in [1.29, 1.82) is 0 Å². The lowest BCUT2D eigenvalue weighted by atomic mass is 9.98. The molecule has 1 aromatic heterocycles. The second-order valence-corrected chi connectivity index (χ2v) is 8.09. The molecule has 0 amide bonds. The van der Waals surface area contributed by atoms with Gasteiger partial charge < -0.3 is 28.4 Å². The SMILES string of the molecule is CC(=O)OC[C@H]1O[C@H](Oc2ccnc3cc(Cl)ccc23)[C@H](OC(C)=O)[C@@H](OC(C)=O)[C@@H]1OC(C)=O. The number of aromatic nitrogens is 1. The lowest BCUT2D eigenvalue weighted by molar-refractivity contribution is -0.288. The molecule has 35 heavy (non-hydrogen) atoms. The lowest BCUT2D eigenvalue weighted by Gasteiger charge is -2.44. The Kier molecular flexibility index (Phi) is 8.47. The van der Waals surface area contributed by atoms with Crippen LogP contribution in [-0.2, 0) is 42.9 Å². The molecule has 0 saturated carbocycles. The molecule has 3 rings (SSSR count). The summed E-state index contributed by atoms with van der Waals surface area (Å²) in [7, 11) is 0. The van der Waals surface area contributed by atoms with Crippen molar-refractivity contribution in [2.45, 2.75) is 58.4 Å². The Morgan fingerprint density at radius 2 is 1.51 bits per heavy atom. The van der Waals surface area contributed by atoms with Gasteiger partial charge >= 0.3 is 23.9 Å². The number of halogens is 1. The summed E-state index contributed by atoms with van der Waals surface area (Å²) >= 11 is 6.05. The van der Waals surface area contributed by atoms with E-state index in [0.29, 0.717) is 21.7 Å². The maximum absolute atomic E-state index is 11.9. The van der Waals surface area contributed by atoms with Gasteiger partial charge in [0.1, 0.15) is 18.5 Å². The van der Waals surface area contributed by atoms with Gasteiger partial charge in [0, 0.05) is 44.3 Å². The molecule has 1 aliphatic heterocycles. The van der Waals surface area contributed by atoms with Crippen molar-refractivity contribution in [2.24, 2.45) is 0 Å². The minimum atomic E-state index is -1.35. The highest BCUT2D eigenvalue weighted by Crippen LogP contribution is 2.33. The molecule has 1 aromatic carbocycles. The second kappa shape index (κ2) is 11.3. The molecule has 2 aromatic rings. The molecular formula is C23H24ClNO10. The predicted octanol–water partition coefficient (Wildman–Crippen LogP) is 2.35. The van der Waals surface area contributed by atoms with Gasteiger partial charge in [-0.25, -0.2) is 0 Å². The Morgan fingerprint density at radius 1 is 0.886 bits per heavy atom. The van der Waals surface area contributed by atoms with Crippen molar-refractivity contribution >= 4 is 46.4 Å². The van der Waals surface area contributed by atoms with E-state index in [1.165, 1.54) is 13.1 Å². The van der Waals surface area contributed by atoms with Crippen LogP contribution in [0.3, 0.4) is 0 Å². The van der Waals surface area contributed by atoms with Crippen LogP contribution >= 0.6 is 11.6 Å². The molecule has 2 heterocycles. The first-order valence-corrected chi connectivity index (χ1v) is 10.9. The maximum Gasteiger partial charge on any atom is 0.303 e. The average Bonchev–Trinajstić information content (AvgIpc) is 2.75. The summed E-state index contributed by atoms with van der Waals surface area (Å²) in [6.07, 6.45) is -4.93. The number of hydrogen-bond donors (Lipinski definition) is 0. The van der Waals surface area contributed by atoms with E-state index in [1.54, 1.807) is 24.3 Å². The summed E-state index contributed by atoms with van der Waals surface area (Å²) in [5.74, 6) is -2.50. The van der Waals surface area contributed by atoms with Crippen LogP contribution in [0.15, 0.2) is 30.5 Å². The smallest absolute Gasteiger partial charge is 0.303 e. The number of hydrogen-bond acceptors (Lipinski definition) is 11. The lowest BCUT2D eigenvalue weighted by Crippen LogP contribution is -2.63. The van der Waals surface area contributed by atoms with E-state index in [0.717, 1.165) is 20.8 Å². The van der Waals surface area contributed by atoms with Crippen LogP contribution in [0.2, 0.25) is 5.02 Å². The first-order valence-electron chi connectivity index (χ1n) is 10.6. The van der Waals surface area contributed by atoms with Gasteiger partial charge in [-0.15, -0.1) is 0 Å². The molecule has 1 aliphatic rings. The number of fused-ring (bicyclic) bond motifs is 1. The summed E-state index contributed by atoms with van der Waals surface area (Å²) in [6.45, 7) is 4.27. The van der Waals surface area contributed by atoms with Crippen LogP contribution in [-0.4, -0.2) is 66.2 Å². The van der Waals surface area contributed by atoms with E-state index >= 15 is 0 Å². The molecule has 1 fully saturated rings. The van der Waals surface area contributed by atoms with Crippen LogP contribution < -0.4 is 4.74 Å². The van der Waals surface area contributed by atoms with Crippen molar-refractivity contribution in [3.63, 3.8) is 0 Å². The van der Waals surface area contributed by atoms with E-state index in [2.05, 4.69) is 4.98 Å². The van der Waals surface area contributed by atoms with Gasteiger partial charge in [-0.05, 0) is 24.3 Å². The third kappa shape index (κ3) is 6.80. The van der Waals surface area contributed by atoms with Gasteiger partial charge in [-0.3, -0.25) is 24.2 Å². The summed E-state index contributed by atoms with van der Waals surface area (Å²) in [5, 5.41) is 1.04. The minimum absolute atomic E-state index is 0.299. The van der Waals surface area contributed by atoms with E-state index < -0.39 is 54.6 Å². The number of esters is 4. The number of carbonyl (C=O) groups is 4. The summed E-state index contributed by atoms with van der Waals surface area (Å²) in [5.41, 5.74) is 0.528. The Hall–Kier alpha value is -3.44. The largest absolute Gasteiger partial charge is 0.463 e. The van der Waals surface area contributed by atoms with E-state index in [1.807, 2.05) is 0 Å². The highest BCUT2D eigenvalue weighted by molar-refractivity contribution is 6.31. The standard InChI is InChI=1S/C23H24ClNO10/c1-11(26)30-10-19-20(31-12(2)27)21(32-13(3)28)22(33-14(4)29)23(35-19)34-18-7-8-25-17-9-15(24)5-6-16(17)18/h5-9,19-23H,10H2,1-4H3/t19-,20-,21+,22-,23+/m1/s1. The van der Waals surface area contributed by atoms with Crippen molar-refractivity contribution in [3.8, 4) is 5.75 Å². The molecule has 0 aliphatic carbocycles. The van der Waals surface area contributed by atoms with Crippen LogP contribution in [0.25, 0.3) is 10.9 Å². The molecule has 0 N–H and O–H groups in total. The first-order chi connectivity index (χ1) is 16.5. The van der Waals surface area contributed by atoms with Crippen LogP contribution in [0.4, 0.5) is 0 Å². The second-order valence-electron chi connectivity index (χ2n) is 7.66. The van der Waals surface area contributed by atoms with Gasteiger partial charge in [0.05, 0.1) is 5.52 Å². The average molecular weight is 510 g/mol. The van der Waals surface area contributed by atoms with Crippen molar-refractivity contribution in [1.82, 2.24) is 4.98 Å². The predicted molar refractivity (Wildman–Crippen MR) is 119 cm³/mol. The van der Waals surface area contributed by atoms with Gasteiger partial charge in [0.15, 0.2) is 12.2 Å². The zero-order chi connectivity index (χ0) is 25.7. The monoisotopic (exact) mass is 509 g/mol. The molecule has 1 saturated heterocycles. The molecule has 11 nitrogen and oxygen atoms in total. The number of nitrogens with zero attached hydrogens (tertiary/aromatic N) is 1. The van der Waals surface area contributed by atoms with E-state index in [-0.39, 0.29) is 6.61 Å². The van der Waals surface area contributed by atoms with E-state index in [9.17, 15) is 19.2 Å². The summed E-state index contributed by atoms with van der Waals surface area (Å²) in [6, 6.07) is 6.53. The van der Waals surface area contributed by atoms with E-state index in [4.69, 9.17) is 40.0 Å². The zero-order valence-electron chi connectivity index (χ0n) is 19.4. The topological polar surface area (TPSA) is 137 Å². The van der Waals surface area contributed by atoms with Crippen molar-refractivity contribution in [2.75, 3.05) is 6.61 Å². The van der Waals surface area contributed by atoms with Crippen molar-refractivity contribution < 1.29 is 47.6 Å². The molecule has 0 radical (unpaired) electrons. The third-order valence-corrected chi connectivity index (χ3v) is 5.09. The molecule has 188 valence electrons. The highest BCUT2D eigenvalue weighted by atomic mass is 35.5. The summed E-state index contributed by atoms with van der Waals surface area (Å²) < 4.78 is 33.2. The molecule has 5 atom stereocenters. The third-order valence-electron chi connectivity index (χ3n) is 4.86. The molecule has 0 unspecified atom stereocenters. The number of rotatable bonds is 7. The quantitative estimate of drug-likeness (QED) is 0.401. The van der Waals surface area contributed by atoms with Gasteiger partial charge in [0.2, 0.25) is 12.4 Å². The number of benzene rings is 1. The fourth-order valence-electron chi connectivity index (χ4n) is 3.61. The van der Waals surface area contributed by atoms with Gasteiger partial charge in [-0.2, -0.15) is 0 Å². The van der Waals surface area contributed by atoms with Gasteiger partial charge in [-0.1, -0.05) is 11.6 Å². The Balaban J connectivity index is 2.04. The fourth-order valence-corrected chi connectivity index (χ4v) is 3.77. The fraction of sp³-hybridized carbons (Fsp3) is 0.435. The maximum atomic E-state index is 11.9. The van der Waals surface area contributed by atoms with Gasteiger partial charge in [0.25, 0.3) is 0 Å². The first kappa shape index (κ1) is 26.2. The molecule has 12 heteroatoms. The van der Waals surface area contributed by atoms with Crippen molar-refractivity contribution in [3.05, 3.63) is 35.5 Å². The molecule has 0 spiro atoms. The molecular weight excluding hydrogens is 486 g/mol.